The van der Waals surface area contributed by atoms with E-state index in [4.69, 9.17) is 4.74 Å². The van der Waals surface area contributed by atoms with Crippen molar-refractivity contribution < 1.29 is 19.4 Å². The van der Waals surface area contributed by atoms with E-state index in [1.807, 2.05) is 17.5 Å². The molecule has 0 bridgehead atoms. The molecule has 0 spiro atoms. The molecule has 3 aromatic rings. The average Bonchev–Trinajstić information content (AvgIpc) is 3.40. The van der Waals surface area contributed by atoms with Gasteiger partial charge in [0.25, 0.3) is 5.56 Å². The van der Waals surface area contributed by atoms with Gasteiger partial charge in [0.15, 0.2) is 4.80 Å². The van der Waals surface area contributed by atoms with Crippen LogP contribution in [-0.2, 0) is 9.53 Å². The van der Waals surface area contributed by atoms with Crippen LogP contribution in [0.3, 0.4) is 0 Å². The SMILES string of the molecule is CCOC(=O)C1=C(C)N=c2s/c(=C\Nc3cccc(C(=O)O)c3C)c(=O)n2[C@@H]1c1cccs1. The number of thiophene rings is 1. The topological polar surface area (TPSA) is 110 Å². The van der Waals surface area contributed by atoms with E-state index >= 15 is 0 Å². The summed E-state index contributed by atoms with van der Waals surface area (Å²) < 4.78 is 7.16. The maximum absolute atomic E-state index is 13.4. The van der Waals surface area contributed by atoms with Gasteiger partial charge in [0.1, 0.15) is 10.6 Å². The third kappa shape index (κ3) is 4.14. The number of esters is 1. The van der Waals surface area contributed by atoms with Gasteiger partial charge in [-0.05, 0) is 49.9 Å². The Kier molecular flexibility index (Phi) is 6.30. The predicted molar refractivity (Wildman–Crippen MR) is 127 cm³/mol. The molecule has 2 N–H and O–H groups in total. The number of fused-ring (bicyclic) bond motifs is 1. The van der Waals surface area contributed by atoms with Crippen molar-refractivity contribution in [3.8, 4) is 0 Å². The zero-order valence-electron chi connectivity index (χ0n) is 18.1. The molecule has 170 valence electrons. The molecule has 1 aromatic carbocycles. The highest BCUT2D eigenvalue weighted by Gasteiger charge is 2.33. The lowest BCUT2D eigenvalue weighted by Crippen LogP contribution is -2.39. The van der Waals surface area contributed by atoms with E-state index in [1.54, 1.807) is 39.1 Å². The highest BCUT2D eigenvalue weighted by Crippen LogP contribution is 2.33. The quantitative estimate of drug-likeness (QED) is 0.522. The molecule has 0 radical (unpaired) electrons. The second-order valence-corrected chi connectivity index (χ2v) is 9.23. The minimum Gasteiger partial charge on any atom is -0.478 e. The highest BCUT2D eigenvalue weighted by molar-refractivity contribution is 7.10. The summed E-state index contributed by atoms with van der Waals surface area (Å²) in [5.41, 5.74) is 1.88. The third-order valence-corrected chi connectivity index (χ3v) is 7.16. The van der Waals surface area contributed by atoms with Gasteiger partial charge in [-0.25, -0.2) is 14.6 Å². The number of anilines is 1. The van der Waals surface area contributed by atoms with Gasteiger partial charge < -0.3 is 15.2 Å². The van der Waals surface area contributed by atoms with Gasteiger partial charge in [0, 0.05) is 16.8 Å². The molecule has 10 heteroatoms. The van der Waals surface area contributed by atoms with Gasteiger partial charge in [-0.2, -0.15) is 0 Å². The first kappa shape index (κ1) is 22.7. The fraction of sp³-hybridized carbons (Fsp3) is 0.217. The van der Waals surface area contributed by atoms with E-state index < -0.39 is 18.0 Å². The number of aromatic nitrogens is 1. The molecule has 1 atom stereocenters. The molecule has 4 rings (SSSR count). The highest BCUT2D eigenvalue weighted by atomic mass is 32.1. The smallest absolute Gasteiger partial charge is 0.338 e. The standard InChI is InChI=1S/C23H21N3O5S2/c1-4-31-22(30)18-13(3)25-23-26(19(18)16-9-6-10-32-16)20(27)17(33-23)11-24-15-8-5-7-14(12(15)2)21(28)29/h5-11,19,24H,4H2,1-3H3,(H,28,29)/b17-11-/t19-/m1/s1. The number of allylic oxidation sites excluding steroid dienone is 1. The zero-order valence-corrected chi connectivity index (χ0v) is 19.8. The van der Waals surface area contributed by atoms with Crippen LogP contribution in [0.25, 0.3) is 6.20 Å². The molecular weight excluding hydrogens is 462 g/mol. The molecule has 0 fully saturated rings. The maximum atomic E-state index is 13.4. The first-order chi connectivity index (χ1) is 15.8. The minimum atomic E-state index is -1.02. The van der Waals surface area contributed by atoms with Crippen molar-refractivity contribution in [3.05, 3.63) is 82.7 Å². The fourth-order valence-electron chi connectivity index (χ4n) is 3.67. The molecule has 0 amide bonds. The van der Waals surface area contributed by atoms with Crippen LogP contribution in [0.4, 0.5) is 5.69 Å². The average molecular weight is 484 g/mol. The molecule has 0 saturated heterocycles. The number of nitrogens with zero attached hydrogens (tertiary/aromatic N) is 2. The minimum absolute atomic E-state index is 0.183. The van der Waals surface area contributed by atoms with Gasteiger partial charge in [-0.15, -0.1) is 11.3 Å². The molecule has 1 aliphatic rings. The summed E-state index contributed by atoms with van der Waals surface area (Å²) in [7, 11) is 0. The van der Waals surface area contributed by atoms with Crippen molar-refractivity contribution >= 4 is 46.5 Å². The van der Waals surface area contributed by atoms with Crippen molar-refractivity contribution in [2.24, 2.45) is 4.99 Å². The Bertz CT molecular complexity index is 1450. The number of rotatable bonds is 6. The summed E-state index contributed by atoms with van der Waals surface area (Å²) in [5, 5.41) is 14.3. The number of hydrogen-bond acceptors (Lipinski definition) is 8. The van der Waals surface area contributed by atoms with Crippen molar-refractivity contribution in [2.75, 3.05) is 11.9 Å². The van der Waals surface area contributed by atoms with Crippen molar-refractivity contribution in [1.82, 2.24) is 4.57 Å². The number of nitrogens with one attached hydrogen (secondary N) is 1. The first-order valence-electron chi connectivity index (χ1n) is 10.1. The molecule has 0 unspecified atom stereocenters. The van der Waals surface area contributed by atoms with Crippen LogP contribution >= 0.6 is 22.7 Å². The van der Waals surface area contributed by atoms with Crippen LogP contribution in [0.5, 0.6) is 0 Å². The Hall–Kier alpha value is -3.50. The van der Waals surface area contributed by atoms with Crippen LogP contribution < -0.4 is 20.2 Å². The van der Waals surface area contributed by atoms with Crippen LogP contribution in [0, 0.1) is 6.92 Å². The molecular formula is C23H21N3O5S2. The Balaban J connectivity index is 1.83. The Labute approximate surface area is 196 Å². The number of carboxylic acid groups (broad SMARTS) is 1. The van der Waals surface area contributed by atoms with E-state index in [0.717, 1.165) is 4.88 Å². The number of thiazole rings is 1. The zero-order chi connectivity index (χ0) is 23.7. The van der Waals surface area contributed by atoms with Crippen molar-refractivity contribution in [1.29, 1.82) is 0 Å². The van der Waals surface area contributed by atoms with Crippen LogP contribution in [0.15, 0.2) is 56.8 Å². The number of carbonyl (C=O) groups is 2. The van der Waals surface area contributed by atoms with Crippen LogP contribution in [0.2, 0.25) is 0 Å². The second kappa shape index (κ2) is 9.16. The van der Waals surface area contributed by atoms with E-state index in [0.29, 0.717) is 31.9 Å². The van der Waals surface area contributed by atoms with E-state index in [9.17, 15) is 19.5 Å². The van der Waals surface area contributed by atoms with Crippen LogP contribution in [0.1, 0.15) is 40.7 Å². The maximum Gasteiger partial charge on any atom is 0.338 e. The molecule has 1 aliphatic heterocycles. The molecule has 0 saturated carbocycles. The Morgan fingerprint density at radius 1 is 1.27 bits per heavy atom. The summed E-state index contributed by atoms with van der Waals surface area (Å²) in [6.07, 6.45) is 1.55. The molecule has 3 heterocycles. The number of hydrogen-bond donors (Lipinski definition) is 2. The normalized spacial score (nSPS) is 15.7. The largest absolute Gasteiger partial charge is 0.478 e. The summed E-state index contributed by atoms with van der Waals surface area (Å²) >= 11 is 2.65. The van der Waals surface area contributed by atoms with E-state index in [2.05, 4.69) is 10.3 Å². The number of aromatic carboxylic acids is 1. The molecule has 33 heavy (non-hydrogen) atoms. The lowest BCUT2D eigenvalue weighted by Gasteiger charge is -2.23. The molecule has 2 aromatic heterocycles. The van der Waals surface area contributed by atoms with Gasteiger partial charge >= 0.3 is 11.9 Å². The van der Waals surface area contributed by atoms with Gasteiger partial charge in [-0.1, -0.05) is 23.5 Å². The Morgan fingerprint density at radius 3 is 2.73 bits per heavy atom. The van der Waals surface area contributed by atoms with Gasteiger partial charge in [0.2, 0.25) is 0 Å². The van der Waals surface area contributed by atoms with E-state index in [1.165, 1.54) is 33.3 Å². The van der Waals surface area contributed by atoms with Crippen molar-refractivity contribution in [3.63, 3.8) is 0 Å². The van der Waals surface area contributed by atoms with E-state index in [-0.39, 0.29) is 17.7 Å². The summed E-state index contributed by atoms with van der Waals surface area (Å²) in [4.78, 5) is 43.4. The number of ether oxygens (including phenoxy) is 1. The lowest BCUT2D eigenvalue weighted by molar-refractivity contribution is -0.139. The lowest BCUT2D eigenvalue weighted by atomic mass is 10.0. The second-order valence-electron chi connectivity index (χ2n) is 7.25. The molecule has 0 aliphatic carbocycles. The summed E-state index contributed by atoms with van der Waals surface area (Å²) in [6.45, 7) is 5.39. The summed E-state index contributed by atoms with van der Waals surface area (Å²) in [6, 6.07) is 8.03. The predicted octanol–water partition coefficient (Wildman–Crippen LogP) is 2.89. The monoisotopic (exact) mass is 483 g/mol. The fourth-order valence-corrected chi connectivity index (χ4v) is 5.47. The first-order valence-corrected chi connectivity index (χ1v) is 11.8. The number of carbonyl (C=O) groups excluding carboxylic acids is 1. The number of benzene rings is 1. The van der Waals surface area contributed by atoms with Gasteiger partial charge in [-0.3, -0.25) is 9.36 Å². The summed E-state index contributed by atoms with van der Waals surface area (Å²) in [5.74, 6) is -1.51. The van der Waals surface area contributed by atoms with Crippen LogP contribution in [-0.4, -0.2) is 28.2 Å². The number of carboxylic acids is 1. The van der Waals surface area contributed by atoms with Crippen molar-refractivity contribution in [2.45, 2.75) is 26.8 Å². The third-order valence-electron chi connectivity index (χ3n) is 5.25. The molecule has 8 nitrogen and oxygen atoms in total. The van der Waals surface area contributed by atoms with Gasteiger partial charge in [0.05, 0.1) is 23.4 Å². The Morgan fingerprint density at radius 2 is 2.06 bits per heavy atom.